The van der Waals surface area contributed by atoms with Crippen molar-refractivity contribution in [2.45, 2.75) is 6.92 Å². The number of nitrogens with zero attached hydrogens (tertiary/aromatic N) is 3. The van der Waals surface area contributed by atoms with Crippen LogP contribution in [-0.4, -0.2) is 15.2 Å². The summed E-state index contributed by atoms with van der Waals surface area (Å²) in [5, 5.41) is 10.4. The van der Waals surface area contributed by atoms with Crippen LogP contribution in [0.3, 0.4) is 0 Å². The molecule has 0 aliphatic carbocycles. The molecular weight excluding hydrogens is 327 g/mol. The van der Waals surface area contributed by atoms with Gasteiger partial charge in [-0.25, -0.2) is 0 Å². The van der Waals surface area contributed by atoms with E-state index in [0.29, 0.717) is 5.82 Å². The Balaban J connectivity index is 2.31. The van der Waals surface area contributed by atoms with Gasteiger partial charge in [0.25, 0.3) is 0 Å². The van der Waals surface area contributed by atoms with Crippen LogP contribution in [0.15, 0.2) is 22.7 Å². The first-order chi connectivity index (χ1) is 8.06. The van der Waals surface area contributed by atoms with Gasteiger partial charge in [-0.3, -0.25) is 0 Å². The van der Waals surface area contributed by atoms with Crippen molar-refractivity contribution in [3.63, 3.8) is 0 Å². The first-order valence-corrected chi connectivity index (χ1v) is 6.20. The molecule has 4 nitrogen and oxygen atoms in total. The highest BCUT2D eigenvalue weighted by Crippen LogP contribution is 2.25. The van der Waals surface area contributed by atoms with Gasteiger partial charge in [0.2, 0.25) is 5.28 Å². The molecule has 88 valence electrons. The second-order valence-electron chi connectivity index (χ2n) is 3.31. The standard InChI is InChI=1S/C10H7BrCl2N4/c1-5-2-3-6(4-7(5)11)14-9-8(12)16-17-10(13)15-9/h2-4H,1H3,(H,14,15,17). The molecule has 0 fully saturated rings. The van der Waals surface area contributed by atoms with Crippen molar-refractivity contribution >= 4 is 50.6 Å². The molecule has 0 atom stereocenters. The lowest BCUT2D eigenvalue weighted by Crippen LogP contribution is -1.99. The van der Waals surface area contributed by atoms with Crippen molar-refractivity contribution in [1.29, 1.82) is 0 Å². The van der Waals surface area contributed by atoms with Crippen molar-refractivity contribution in [2.24, 2.45) is 0 Å². The minimum Gasteiger partial charge on any atom is -0.337 e. The normalized spacial score (nSPS) is 10.4. The second-order valence-corrected chi connectivity index (χ2v) is 4.86. The number of aryl methyl sites for hydroxylation is 1. The molecule has 17 heavy (non-hydrogen) atoms. The highest BCUT2D eigenvalue weighted by Gasteiger charge is 2.06. The van der Waals surface area contributed by atoms with Crippen LogP contribution < -0.4 is 5.32 Å². The van der Waals surface area contributed by atoms with E-state index in [1.807, 2.05) is 25.1 Å². The molecule has 0 unspecified atom stereocenters. The smallest absolute Gasteiger partial charge is 0.245 e. The molecule has 0 aliphatic heterocycles. The van der Waals surface area contributed by atoms with Gasteiger partial charge in [-0.05, 0) is 36.2 Å². The summed E-state index contributed by atoms with van der Waals surface area (Å²) < 4.78 is 0.992. The zero-order chi connectivity index (χ0) is 12.4. The molecule has 2 aromatic rings. The fraction of sp³-hybridized carbons (Fsp3) is 0.100. The third-order valence-corrected chi connectivity index (χ3v) is 3.32. The van der Waals surface area contributed by atoms with Crippen LogP contribution in [0, 0.1) is 6.92 Å². The van der Waals surface area contributed by atoms with Crippen molar-refractivity contribution in [2.75, 3.05) is 5.32 Å². The molecule has 1 N–H and O–H groups in total. The molecule has 7 heteroatoms. The van der Waals surface area contributed by atoms with Gasteiger partial charge >= 0.3 is 0 Å². The lowest BCUT2D eigenvalue weighted by atomic mass is 10.2. The number of halogens is 3. The molecule has 1 aromatic heterocycles. The first-order valence-electron chi connectivity index (χ1n) is 4.65. The Morgan fingerprint density at radius 2 is 2.00 bits per heavy atom. The number of hydrogen-bond donors (Lipinski definition) is 1. The summed E-state index contributed by atoms with van der Waals surface area (Å²) in [4.78, 5) is 3.95. The maximum Gasteiger partial charge on any atom is 0.245 e. The Hall–Kier alpha value is -0.910. The fourth-order valence-electron chi connectivity index (χ4n) is 1.18. The van der Waals surface area contributed by atoms with E-state index in [1.54, 1.807) is 0 Å². The third-order valence-electron chi connectivity index (χ3n) is 2.05. The van der Waals surface area contributed by atoms with Crippen LogP contribution in [0.25, 0.3) is 0 Å². The highest BCUT2D eigenvalue weighted by molar-refractivity contribution is 9.10. The van der Waals surface area contributed by atoms with E-state index >= 15 is 0 Å². The molecule has 0 spiro atoms. The minimum absolute atomic E-state index is 0.0445. The average Bonchev–Trinajstić information content (AvgIpc) is 2.29. The fourth-order valence-corrected chi connectivity index (χ4v) is 1.81. The number of benzene rings is 1. The number of hydrogen-bond acceptors (Lipinski definition) is 4. The monoisotopic (exact) mass is 332 g/mol. The molecule has 0 bridgehead atoms. The van der Waals surface area contributed by atoms with Crippen LogP contribution in [0.4, 0.5) is 11.5 Å². The van der Waals surface area contributed by atoms with E-state index < -0.39 is 0 Å². The van der Waals surface area contributed by atoms with E-state index in [2.05, 4.69) is 36.4 Å². The van der Waals surface area contributed by atoms with Gasteiger partial charge in [-0.15, -0.1) is 10.2 Å². The second kappa shape index (κ2) is 5.16. The molecule has 0 amide bonds. The van der Waals surface area contributed by atoms with Gasteiger partial charge in [-0.2, -0.15) is 4.98 Å². The van der Waals surface area contributed by atoms with Gasteiger partial charge in [0.15, 0.2) is 11.0 Å². The van der Waals surface area contributed by atoms with Crippen molar-refractivity contribution in [1.82, 2.24) is 15.2 Å². The Kier molecular flexibility index (Phi) is 3.81. The van der Waals surface area contributed by atoms with Gasteiger partial charge in [0.05, 0.1) is 0 Å². The lowest BCUT2D eigenvalue weighted by Gasteiger charge is -2.07. The van der Waals surface area contributed by atoms with E-state index in [9.17, 15) is 0 Å². The number of rotatable bonds is 2. The largest absolute Gasteiger partial charge is 0.337 e. The SMILES string of the molecule is Cc1ccc(Nc2nc(Cl)nnc2Cl)cc1Br. The summed E-state index contributed by atoms with van der Waals surface area (Å²) in [6, 6.07) is 5.80. The van der Waals surface area contributed by atoms with Crippen LogP contribution in [-0.2, 0) is 0 Å². The van der Waals surface area contributed by atoms with Crippen molar-refractivity contribution < 1.29 is 0 Å². The summed E-state index contributed by atoms with van der Waals surface area (Å²) >= 11 is 14.9. The Labute approximate surface area is 117 Å². The highest BCUT2D eigenvalue weighted by atomic mass is 79.9. The minimum atomic E-state index is 0.0445. The summed E-state index contributed by atoms with van der Waals surface area (Å²) in [6.45, 7) is 2.00. The predicted octanol–water partition coefficient (Wildman–Crippen LogP) is 3.99. The van der Waals surface area contributed by atoms with Gasteiger partial charge < -0.3 is 5.32 Å². The van der Waals surface area contributed by atoms with Gasteiger partial charge in [-0.1, -0.05) is 33.6 Å². The molecule has 0 aliphatic rings. The summed E-state index contributed by atoms with van der Waals surface area (Å²) in [5.41, 5.74) is 1.97. The zero-order valence-electron chi connectivity index (χ0n) is 8.71. The third kappa shape index (κ3) is 3.06. The van der Waals surface area contributed by atoms with E-state index in [1.165, 1.54) is 0 Å². The molecule has 1 heterocycles. The Bertz CT molecular complexity index is 562. The average molecular weight is 334 g/mol. The Morgan fingerprint density at radius 3 is 2.71 bits per heavy atom. The van der Waals surface area contributed by atoms with Crippen molar-refractivity contribution in [3.8, 4) is 0 Å². The van der Waals surface area contributed by atoms with E-state index in [4.69, 9.17) is 23.2 Å². The van der Waals surface area contributed by atoms with Crippen molar-refractivity contribution in [3.05, 3.63) is 38.7 Å². The Morgan fingerprint density at radius 1 is 1.24 bits per heavy atom. The van der Waals surface area contributed by atoms with Gasteiger partial charge in [0, 0.05) is 10.2 Å². The van der Waals surface area contributed by atoms with Crippen LogP contribution in [0.1, 0.15) is 5.56 Å². The maximum absolute atomic E-state index is 5.85. The van der Waals surface area contributed by atoms with E-state index in [-0.39, 0.29) is 10.4 Å². The van der Waals surface area contributed by atoms with Crippen LogP contribution in [0.2, 0.25) is 10.4 Å². The molecule has 0 saturated carbocycles. The number of aromatic nitrogens is 3. The first kappa shape index (κ1) is 12.5. The van der Waals surface area contributed by atoms with Crippen LogP contribution in [0.5, 0.6) is 0 Å². The number of nitrogens with one attached hydrogen (secondary N) is 1. The molecule has 2 rings (SSSR count). The molecule has 0 saturated heterocycles. The quantitative estimate of drug-likeness (QED) is 0.902. The summed E-state index contributed by atoms with van der Waals surface area (Å²) in [5.74, 6) is 0.377. The molecule has 0 radical (unpaired) electrons. The lowest BCUT2D eigenvalue weighted by molar-refractivity contribution is 0.974. The van der Waals surface area contributed by atoms with Crippen LogP contribution >= 0.6 is 39.1 Å². The predicted molar refractivity (Wildman–Crippen MR) is 72.0 cm³/mol. The summed E-state index contributed by atoms with van der Waals surface area (Å²) in [6.07, 6.45) is 0. The molecule has 1 aromatic carbocycles. The van der Waals surface area contributed by atoms with Gasteiger partial charge in [0.1, 0.15) is 0 Å². The summed E-state index contributed by atoms with van der Waals surface area (Å²) in [7, 11) is 0. The number of anilines is 2. The van der Waals surface area contributed by atoms with E-state index in [0.717, 1.165) is 15.7 Å². The maximum atomic E-state index is 5.85. The topological polar surface area (TPSA) is 50.7 Å². The zero-order valence-corrected chi connectivity index (χ0v) is 11.8. The molecular formula is C10H7BrCl2N4.